The van der Waals surface area contributed by atoms with Gasteiger partial charge >= 0.3 is 0 Å². The summed E-state index contributed by atoms with van der Waals surface area (Å²) in [6.07, 6.45) is 7.38. The monoisotopic (exact) mass is 295 g/mol. The molecule has 0 saturated heterocycles. The zero-order valence-electron chi connectivity index (χ0n) is 12.4. The molecule has 3 nitrogen and oxygen atoms in total. The van der Waals surface area contributed by atoms with Crippen LogP contribution >= 0.6 is 11.8 Å². The van der Waals surface area contributed by atoms with E-state index in [0.29, 0.717) is 18.4 Å². The smallest absolute Gasteiger partial charge is 0.161 e. The lowest BCUT2D eigenvalue weighted by molar-refractivity contribution is 0.317. The van der Waals surface area contributed by atoms with Crippen molar-refractivity contribution in [2.45, 2.75) is 50.4 Å². The third-order valence-electron chi connectivity index (χ3n) is 3.93. The van der Waals surface area contributed by atoms with Crippen molar-refractivity contribution >= 4 is 11.8 Å². The topological polar surface area (TPSA) is 41.5 Å². The summed E-state index contributed by atoms with van der Waals surface area (Å²) in [6.45, 7) is 3.34. The number of rotatable bonds is 6. The highest BCUT2D eigenvalue weighted by atomic mass is 32.2. The van der Waals surface area contributed by atoms with Gasteiger partial charge in [0.15, 0.2) is 11.5 Å². The van der Waals surface area contributed by atoms with Crippen LogP contribution in [-0.4, -0.2) is 29.3 Å². The van der Waals surface area contributed by atoms with E-state index in [1.54, 1.807) is 6.07 Å². The summed E-state index contributed by atoms with van der Waals surface area (Å²) >= 11 is 2.00. The molecule has 4 heteroatoms. The first kappa shape index (κ1) is 15.5. The molecule has 0 aliphatic heterocycles. The van der Waals surface area contributed by atoms with Crippen LogP contribution in [0.3, 0.4) is 0 Å². The molecule has 2 rings (SSSR count). The minimum Gasteiger partial charge on any atom is -0.504 e. The Morgan fingerprint density at radius 1 is 1.30 bits per heavy atom. The number of hydrogen-bond donors (Lipinski definition) is 2. The van der Waals surface area contributed by atoms with Gasteiger partial charge in [0.05, 0.1) is 6.61 Å². The molecule has 1 fully saturated rings. The molecule has 1 saturated carbocycles. The summed E-state index contributed by atoms with van der Waals surface area (Å²) in [5.74, 6) is 0.800. The van der Waals surface area contributed by atoms with Gasteiger partial charge in [0.1, 0.15) is 0 Å². The fourth-order valence-corrected chi connectivity index (χ4v) is 3.45. The van der Waals surface area contributed by atoms with E-state index in [1.165, 1.54) is 31.2 Å². The van der Waals surface area contributed by atoms with Crippen LogP contribution in [0.15, 0.2) is 18.2 Å². The lowest BCUT2D eigenvalue weighted by atomic mass is 9.95. The van der Waals surface area contributed by atoms with Crippen LogP contribution in [0.1, 0.15) is 38.2 Å². The number of aromatic hydroxyl groups is 1. The van der Waals surface area contributed by atoms with Crippen molar-refractivity contribution in [2.24, 2.45) is 0 Å². The second-order valence-corrected chi connectivity index (χ2v) is 6.46. The molecule has 0 radical (unpaired) electrons. The van der Waals surface area contributed by atoms with E-state index in [2.05, 4.69) is 11.6 Å². The van der Waals surface area contributed by atoms with Crippen LogP contribution in [0.4, 0.5) is 0 Å². The lowest BCUT2D eigenvalue weighted by Crippen LogP contribution is -2.33. The van der Waals surface area contributed by atoms with Gasteiger partial charge in [0, 0.05) is 17.8 Å². The number of nitrogens with one attached hydrogen (secondary N) is 1. The molecule has 2 N–H and O–H groups in total. The summed E-state index contributed by atoms with van der Waals surface area (Å²) in [4.78, 5) is 0. The quantitative estimate of drug-likeness (QED) is 0.842. The van der Waals surface area contributed by atoms with Crippen molar-refractivity contribution in [3.05, 3.63) is 23.8 Å². The van der Waals surface area contributed by atoms with Crippen LogP contribution in [-0.2, 0) is 6.54 Å². The zero-order chi connectivity index (χ0) is 14.4. The molecule has 20 heavy (non-hydrogen) atoms. The third-order valence-corrected chi connectivity index (χ3v) is 5.06. The molecule has 1 aliphatic rings. The van der Waals surface area contributed by atoms with Crippen molar-refractivity contribution in [1.82, 2.24) is 5.32 Å². The van der Waals surface area contributed by atoms with Gasteiger partial charge in [-0.1, -0.05) is 6.07 Å². The van der Waals surface area contributed by atoms with Crippen LogP contribution in [0.25, 0.3) is 0 Å². The Hall–Kier alpha value is -0.870. The molecular formula is C16H25NO2S. The highest BCUT2D eigenvalue weighted by molar-refractivity contribution is 7.99. The molecule has 0 heterocycles. The van der Waals surface area contributed by atoms with Gasteiger partial charge in [0.25, 0.3) is 0 Å². The van der Waals surface area contributed by atoms with E-state index >= 15 is 0 Å². The van der Waals surface area contributed by atoms with E-state index in [0.717, 1.165) is 11.8 Å². The summed E-state index contributed by atoms with van der Waals surface area (Å²) in [6, 6.07) is 6.23. The van der Waals surface area contributed by atoms with E-state index in [4.69, 9.17) is 4.74 Å². The first-order chi connectivity index (χ1) is 9.72. The Bertz CT molecular complexity index is 417. The van der Waals surface area contributed by atoms with Crippen molar-refractivity contribution in [3.63, 3.8) is 0 Å². The van der Waals surface area contributed by atoms with Crippen LogP contribution in [0.2, 0.25) is 0 Å². The molecule has 1 aromatic rings. The predicted octanol–water partition coefficient (Wildman–Crippen LogP) is 3.55. The Morgan fingerprint density at radius 2 is 2.05 bits per heavy atom. The van der Waals surface area contributed by atoms with E-state index in [1.807, 2.05) is 30.8 Å². The zero-order valence-corrected chi connectivity index (χ0v) is 13.2. The highest BCUT2D eigenvalue weighted by Crippen LogP contribution is 2.28. The van der Waals surface area contributed by atoms with Crippen LogP contribution in [0.5, 0.6) is 11.5 Å². The first-order valence-corrected chi connectivity index (χ1v) is 8.72. The fourth-order valence-electron chi connectivity index (χ4n) is 2.70. The predicted molar refractivity (Wildman–Crippen MR) is 85.7 cm³/mol. The molecule has 0 unspecified atom stereocenters. The van der Waals surface area contributed by atoms with Crippen molar-refractivity contribution in [2.75, 3.05) is 12.9 Å². The number of benzene rings is 1. The average Bonchev–Trinajstić information content (AvgIpc) is 2.49. The Labute approximate surface area is 126 Å². The van der Waals surface area contributed by atoms with Gasteiger partial charge in [-0.3, -0.25) is 0 Å². The molecule has 0 amide bonds. The Morgan fingerprint density at radius 3 is 2.70 bits per heavy atom. The van der Waals surface area contributed by atoms with Gasteiger partial charge in [-0.05, 0) is 56.6 Å². The molecule has 112 valence electrons. The van der Waals surface area contributed by atoms with Crippen molar-refractivity contribution in [3.8, 4) is 11.5 Å². The van der Waals surface area contributed by atoms with Gasteiger partial charge < -0.3 is 15.2 Å². The van der Waals surface area contributed by atoms with Gasteiger partial charge in [-0.15, -0.1) is 0 Å². The van der Waals surface area contributed by atoms with Gasteiger partial charge in [0.2, 0.25) is 0 Å². The summed E-state index contributed by atoms with van der Waals surface area (Å²) in [7, 11) is 0. The standard InChI is InChI=1S/C16H25NO2S/c1-3-19-16-10-12(4-9-15(16)18)11-17-13-5-7-14(20-2)8-6-13/h4,9-10,13-14,17-18H,3,5-8,11H2,1-2H3. The minimum atomic E-state index is 0.219. The van der Waals surface area contributed by atoms with Crippen LogP contribution in [0, 0.1) is 0 Å². The number of hydrogen-bond acceptors (Lipinski definition) is 4. The maximum Gasteiger partial charge on any atom is 0.161 e. The molecule has 0 aromatic heterocycles. The second-order valence-electron chi connectivity index (χ2n) is 5.33. The molecular weight excluding hydrogens is 270 g/mol. The Kier molecular flexibility index (Phi) is 6.05. The maximum absolute atomic E-state index is 9.69. The van der Waals surface area contributed by atoms with Crippen LogP contribution < -0.4 is 10.1 Å². The molecule has 0 bridgehead atoms. The summed E-state index contributed by atoms with van der Waals surface area (Å²) in [5, 5.41) is 14.2. The third kappa shape index (κ3) is 4.32. The number of thioether (sulfide) groups is 1. The highest BCUT2D eigenvalue weighted by Gasteiger charge is 2.19. The van der Waals surface area contributed by atoms with Gasteiger partial charge in [-0.25, -0.2) is 0 Å². The SMILES string of the molecule is CCOc1cc(CNC2CCC(SC)CC2)ccc1O. The molecule has 1 aliphatic carbocycles. The van der Waals surface area contributed by atoms with E-state index in [-0.39, 0.29) is 5.75 Å². The number of phenols is 1. The molecule has 1 aromatic carbocycles. The average molecular weight is 295 g/mol. The second kappa shape index (κ2) is 7.79. The first-order valence-electron chi connectivity index (χ1n) is 7.43. The molecule has 0 atom stereocenters. The summed E-state index contributed by atoms with van der Waals surface area (Å²) in [5.41, 5.74) is 1.17. The van der Waals surface area contributed by atoms with Gasteiger partial charge in [-0.2, -0.15) is 11.8 Å². The fraction of sp³-hybridized carbons (Fsp3) is 0.625. The molecule has 0 spiro atoms. The van der Waals surface area contributed by atoms with Crippen molar-refractivity contribution < 1.29 is 9.84 Å². The Balaban J connectivity index is 1.83. The lowest BCUT2D eigenvalue weighted by Gasteiger charge is -2.28. The summed E-state index contributed by atoms with van der Waals surface area (Å²) < 4.78 is 5.42. The minimum absolute atomic E-state index is 0.219. The number of phenolic OH excluding ortho intramolecular Hbond substituents is 1. The maximum atomic E-state index is 9.69. The van der Waals surface area contributed by atoms with E-state index in [9.17, 15) is 5.11 Å². The van der Waals surface area contributed by atoms with E-state index < -0.39 is 0 Å². The largest absolute Gasteiger partial charge is 0.504 e. The van der Waals surface area contributed by atoms with Crippen molar-refractivity contribution in [1.29, 1.82) is 0 Å². The number of ether oxygens (including phenoxy) is 1. The normalized spacial score (nSPS) is 22.7.